The van der Waals surface area contributed by atoms with Crippen LogP contribution in [0.25, 0.3) is 10.9 Å². The number of pyridine rings is 1. The van der Waals surface area contributed by atoms with Crippen LogP contribution in [0.4, 0.5) is 11.4 Å². The van der Waals surface area contributed by atoms with Crippen molar-refractivity contribution >= 4 is 34.1 Å². The minimum absolute atomic E-state index is 0.111. The average Bonchev–Trinajstić information content (AvgIpc) is 2.66. The van der Waals surface area contributed by atoms with Gasteiger partial charge >= 0.3 is 0 Å². The van der Waals surface area contributed by atoms with Gasteiger partial charge in [0.05, 0.1) is 28.9 Å². The van der Waals surface area contributed by atoms with Gasteiger partial charge in [-0.15, -0.1) is 0 Å². The molecular weight excluding hydrogens is 336 g/mol. The van der Waals surface area contributed by atoms with Crippen LogP contribution in [0.5, 0.6) is 0 Å². The Labute approximate surface area is 148 Å². The summed E-state index contributed by atoms with van der Waals surface area (Å²) in [5.41, 5.74) is 1.24. The van der Waals surface area contributed by atoms with E-state index in [1.165, 1.54) is 24.4 Å². The number of nitrogens with one attached hydrogen (secondary N) is 2. The van der Waals surface area contributed by atoms with E-state index in [2.05, 4.69) is 15.6 Å². The second kappa shape index (κ2) is 7.39. The number of nitro groups is 1. The zero-order chi connectivity index (χ0) is 18.5. The first-order valence-corrected chi connectivity index (χ1v) is 7.70. The van der Waals surface area contributed by atoms with Gasteiger partial charge in [0.25, 0.3) is 11.6 Å². The minimum Gasteiger partial charge on any atom is -0.343 e. The molecule has 8 heteroatoms. The average molecular weight is 350 g/mol. The lowest BCUT2D eigenvalue weighted by atomic mass is 10.2. The van der Waals surface area contributed by atoms with Crippen molar-refractivity contribution in [2.45, 2.75) is 0 Å². The van der Waals surface area contributed by atoms with Crippen molar-refractivity contribution in [1.82, 2.24) is 10.3 Å². The lowest BCUT2D eigenvalue weighted by Gasteiger charge is -2.07. The highest BCUT2D eigenvalue weighted by Gasteiger charge is 2.12. The van der Waals surface area contributed by atoms with Crippen LogP contribution in [0.3, 0.4) is 0 Å². The molecule has 8 nitrogen and oxygen atoms in total. The van der Waals surface area contributed by atoms with E-state index in [9.17, 15) is 19.7 Å². The molecule has 0 aliphatic carbocycles. The third kappa shape index (κ3) is 3.99. The van der Waals surface area contributed by atoms with Crippen LogP contribution in [-0.4, -0.2) is 28.3 Å². The van der Waals surface area contributed by atoms with Crippen LogP contribution in [0, 0.1) is 10.1 Å². The first kappa shape index (κ1) is 17.0. The van der Waals surface area contributed by atoms with E-state index in [0.29, 0.717) is 5.69 Å². The summed E-state index contributed by atoms with van der Waals surface area (Å²) in [4.78, 5) is 38.4. The van der Waals surface area contributed by atoms with Crippen molar-refractivity contribution in [2.24, 2.45) is 0 Å². The molecule has 0 bridgehead atoms. The normalized spacial score (nSPS) is 10.3. The highest BCUT2D eigenvalue weighted by Crippen LogP contribution is 2.16. The second-order valence-electron chi connectivity index (χ2n) is 5.45. The number of amides is 2. The predicted octanol–water partition coefficient (Wildman–Crippen LogP) is 2.51. The van der Waals surface area contributed by atoms with Crippen molar-refractivity contribution in [3.63, 3.8) is 0 Å². The molecular formula is C18H14N4O4. The van der Waals surface area contributed by atoms with Crippen molar-refractivity contribution in [3.05, 3.63) is 76.5 Å². The van der Waals surface area contributed by atoms with Gasteiger partial charge in [0.15, 0.2) is 0 Å². The molecule has 0 radical (unpaired) electrons. The summed E-state index contributed by atoms with van der Waals surface area (Å²) < 4.78 is 0. The smallest absolute Gasteiger partial charge is 0.270 e. The van der Waals surface area contributed by atoms with Crippen LogP contribution >= 0.6 is 0 Å². The highest BCUT2D eigenvalue weighted by atomic mass is 16.6. The Morgan fingerprint density at radius 2 is 1.88 bits per heavy atom. The first-order valence-electron chi connectivity index (χ1n) is 7.70. The van der Waals surface area contributed by atoms with E-state index in [1.54, 1.807) is 6.07 Å². The van der Waals surface area contributed by atoms with Gasteiger partial charge in [-0.1, -0.05) is 24.3 Å². The molecule has 3 rings (SSSR count). The Morgan fingerprint density at radius 1 is 1.08 bits per heavy atom. The van der Waals surface area contributed by atoms with E-state index >= 15 is 0 Å². The molecule has 0 saturated carbocycles. The van der Waals surface area contributed by atoms with Gasteiger partial charge in [0, 0.05) is 23.1 Å². The fraction of sp³-hybridized carbons (Fsp3) is 0.0556. The number of benzene rings is 2. The number of fused-ring (bicyclic) bond motifs is 1. The number of carbonyl (C=O) groups is 2. The summed E-state index contributed by atoms with van der Waals surface area (Å²) in [6, 6.07) is 14.6. The number of rotatable bonds is 5. The minimum atomic E-state index is -0.587. The van der Waals surface area contributed by atoms with Crippen molar-refractivity contribution in [2.75, 3.05) is 11.9 Å². The largest absolute Gasteiger partial charge is 0.343 e. The molecule has 1 aromatic heterocycles. The molecule has 2 aromatic carbocycles. The van der Waals surface area contributed by atoms with E-state index < -0.39 is 16.7 Å². The van der Waals surface area contributed by atoms with Crippen molar-refractivity contribution < 1.29 is 14.5 Å². The van der Waals surface area contributed by atoms with E-state index in [0.717, 1.165) is 17.0 Å². The molecule has 0 fully saturated rings. The van der Waals surface area contributed by atoms with Gasteiger partial charge in [-0.25, -0.2) is 0 Å². The van der Waals surface area contributed by atoms with Crippen molar-refractivity contribution in [1.29, 1.82) is 0 Å². The molecule has 2 N–H and O–H groups in total. The fourth-order valence-electron chi connectivity index (χ4n) is 2.37. The second-order valence-corrected chi connectivity index (χ2v) is 5.45. The van der Waals surface area contributed by atoms with Gasteiger partial charge in [-0.05, 0) is 18.2 Å². The molecule has 0 saturated heterocycles. The lowest BCUT2D eigenvalue weighted by Crippen LogP contribution is -2.32. The molecule has 26 heavy (non-hydrogen) atoms. The van der Waals surface area contributed by atoms with E-state index in [-0.39, 0.29) is 17.8 Å². The van der Waals surface area contributed by atoms with E-state index in [4.69, 9.17) is 0 Å². The lowest BCUT2D eigenvalue weighted by molar-refractivity contribution is -0.384. The standard InChI is InChI=1S/C18H14N4O4/c23-17(21-14-8-12-4-1-2-7-16(12)19-10-14)11-20-18(24)13-5-3-6-15(9-13)22(25)26/h1-10H,11H2,(H,20,24)(H,21,23). The maximum atomic E-state index is 12.0. The van der Waals surface area contributed by atoms with Crippen LogP contribution < -0.4 is 10.6 Å². The fourth-order valence-corrected chi connectivity index (χ4v) is 2.37. The summed E-state index contributed by atoms with van der Waals surface area (Å²) in [5.74, 6) is -0.999. The summed E-state index contributed by atoms with van der Waals surface area (Å²) in [5, 5.41) is 16.7. The quantitative estimate of drug-likeness (QED) is 0.542. The molecule has 0 atom stereocenters. The number of aromatic nitrogens is 1. The Hall–Kier alpha value is -3.81. The SMILES string of the molecule is O=C(CNC(=O)c1cccc([N+](=O)[O-])c1)Nc1cnc2ccccc2c1. The Kier molecular flexibility index (Phi) is 4.84. The molecule has 1 heterocycles. The van der Waals surface area contributed by atoms with Crippen LogP contribution in [-0.2, 0) is 4.79 Å². The monoisotopic (exact) mass is 350 g/mol. The maximum Gasteiger partial charge on any atom is 0.270 e. The number of hydrogen-bond donors (Lipinski definition) is 2. The summed E-state index contributed by atoms with van der Waals surface area (Å²) in [6.07, 6.45) is 1.53. The molecule has 130 valence electrons. The number of non-ortho nitro benzene ring substituents is 1. The summed E-state index contributed by atoms with van der Waals surface area (Å²) >= 11 is 0. The summed E-state index contributed by atoms with van der Waals surface area (Å²) in [6.45, 7) is -0.269. The third-order valence-electron chi connectivity index (χ3n) is 3.60. The summed E-state index contributed by atoms with van der Waals surface area (Å²) in [7, 11) is 0. The van der Waals surface area contributed by atoms with Gasteiger partial charge in [-0.2, -0.15) is 0 Å². The Balaban J connectivity index is 1.60. The highest BCUT2D eigenvalue weighted by molar-refractivity contribution is 6.00. The predicted molar refractivity (Wildman–Crippen MR) is 95.8 cm³/mol. The molecule has 0 aliphatic heterocycles. The van der Waals surface area contributed by atoms with Crippen LogP contribution in [0.2, 0.25) is 0 Å². The number of nitro benzene ring substituents is 1. The number of carbonyl (C=O) groups excluding carboxylic acids is 2. The third-order valence-corrected chi connectivity index (χ3v) is 3.60. The van der Waals surface area contributed by atoms with Gasteiger partial charge in [0.2, 0.25) is 5.91 Å². The molecule has 3 aromatic rings. The van der Waals surface area contributed by atoms with Crippen LogP contribution in [0.1, 0.15) is 10.4 Å². The van der Waals surface area contributed by atoms with Gasteiger partial charge in [-0.3, -0.25) is 24.7 Å². The van der Waals surface area contributed by atoms with Gasteiger partial charge < -0.3 is 10.6 Å². The number of anilines is 1. The number of para-hydroxylation sites is 1. The number of hydrogen-bond acceptors (Lipinski definition) is 5. The maximum absolute atomic E-state index is 12.0. The Morgan fingerprint density at radius 3 is 2.69 bits per heavy atom. The molecule has 0 unspecified atom stereocenters. The van der Waals surface area contributed by atoms with Gasteiger partial charge in [0.1, 0.15) is 0 Å². The Bertz CT molecular complexity index is 1000. The molecule has 0 aliphatic rings. The van der Waals surface area contributed by atoms with Crippen molar-refractivity contribution in [3.8, 4) is 0 Å². The molecule has 0 spiro atoms. The zero-order valence-electron chi connectivity index (χ0n) is 13.5. The van der Waals surface area contributed by atoms with Crippen LogP contribution in [0.15, 0.2) is 60.8 Å². The number of nitrogens with zero attached hydrogens (tertiary/aromatic N) is 2. The topological polar surface area (TPSA) is 114 Å². The zero-order valence-corrected chi connectivity index (χ0v) is 13.5. The molecule has 2 amide bonds. The first-order chi connectivity index (χ1) is 12.5. The van der Waals surface area contributed by atoms with E-state index in [1.807, 2.05) is 24.3 Å².